The maximum atomic E-state index is 10.8. The van der Waals surface area contributed by atoms with Crippen molar-refractivity contribution < 1.29 is 4.92 Å². The second kappa shape index (κ2) is 6.44. The minimum Gasteiger partial charge on any atom is -0.292 e. The lowest BCUT2D eigenvalue weighted by molar-refractivity contribution is -0.385. The SMILES string of the molecule is O=[N+]([O-])c1ccccc1C=NCCc1ccccc1. The first-order chi connectivity index (χ1) is 9.27. The highest BCUT2D eigenvalue weighted by Crippen LogP contribution is 2.15. The maximum Gasteiger partial charge on any atom is 0.278 e. The normalized spacial score (nSPS) is 10.7. The van der Waals surface area contributed by atoms with Gasteiger partial charge in [-0.05, 0) is 18.1 Å². The second-order valence-electron chi connectivity index (χ2n) is 4.09. The third-order valence-corrected chi connectivity index (χ3v) is 2.74. The lowest BCUT2D eigenvalue weighted by atomic mass is 10.1. The Morgan fingerprint density at radius 2 is 1.74 bits per heavy atom. The van der Waals surface area contributed by atoms with Gasteiger partial charge in [-0.2, -0.15) is 0 Å². The number of nitro benzene ring substituents is 1. The fourth-order valence-corrected chi connectivity index (χ4v) is 1.76. The molecule has 0 radical (unpaired) electrons. The first-order valence-corrected chi connectivity index (χ1v) is 6.04. The monoisotopic (exact) mass is 254 g/mol. The highest BCUT2D eigenvalue weighted by Gasteiger charge is 2.09. The zero-order valence-electron chi connectivity index (χ0n) is 10.4. The van der Waals surface area contributed by atoms with Crippen LogP contribution in [0.2, 0.25) is 0 Å². The number of rotatable bonds is 5. The number of nitro groups is 1. The molecule has 2 rings (SSSR count). The number of aliphatic imine (C=N–C) groups is 1. The molecule has 0 bridgehead atoms. The summed E-state index contributed by atoms with van der Waals surface area (Å²) in [5.74, 6) is 0. The van der Waals surface area contributed by atoms with Crippen LogP contribution in [0.5, 0.6) is 0 Å². The minimum absolute atomic E-state index is 0.0889. The van der Waals surface area contributed by atoms with Crippen LogP contribution >= 0.6 is 0 Å². The van der Waals surface area contributed by atoms with E-state index < -0.39 is 4.92 Å². The van der Waals surface area contributed by atoms with Gasteiger partial charge in [0.25, 0.3) is 5.69 Å². The van der Waals surface area contributed by atoms with Crippen LogP contribution in [0.3, 0.4) is 0 Å². The summed E-state index contributed by atoms with van der Waals surface area (Å²) < 4.78 is 0. The van der Waals surface area contributed by atoms with E-state index >= 15 is 0 Å². The van der Waals surface area contributed by atoms with Crippen LogP contribution in [-0.2, 0) is 6.42 Å². The summed E-state index contributed by atoms with van der Waals surface area (Å²) in [6, 6.07) is 16.6. The van der Waals surface area contributed by atoms with Crippen molar-refractivity contribution in [3.05, 3.63) is 75.8 Å². The quantitative estimate of drug-likeness (QED) is 0.467. The molecule has 0 aliphatic rings. The topological polar surface area (TPSA) is 55.5 Å². The van der Waals surface area contributed by atoms with Crippen molar-refractivity contribution in [2.75, 3.05) is 6.54 Å². The predicted molar refractivity (Wildman–Crippen MR) is 75.7 cm³/mol. The third-order valence-electron chi connectivity index (χ3n) is 2.74. The standard InChI is InChI=1S/C15H14N2O2/c18-17(19)15-9-5-4-8-14(15)12-16-11-10-13-6-2-1-3-7-13/h1-9,12H,10-11H2. The predicted octanol–water partition coefficient (Wildman–Crippen LogP) is 3.26. The van der Waals surface area contributed by atoms with Gasteiger partial charge >= 0.3 is 0 Å². The number of hydrogen-bond acceptors (Lipinski definition) is 3. The van der Waals surface area contributed by atoms with Crippen LogP contribution in [0.25, 0.3) is 0 Å². The van der Waals surface area contributed by atoms with Crippen molar-refractivity contribution >= 4 is 11.9 Å². The molecule has 0 unspecified atom stereocenters. The van der Waals surface area contributed by atoms with Gasteiger partial charge in [-0.3, -0.25) is 15.1 Å². The van der Waals surface area contributed by atoms with Crippen LogP contribution in [0.15, 0.2) is 59.6 Å². The van der Waals surface area contributed by atoms with E-state index in [2.05, 4.69) is 4.99 Å². The molecule has 96 valence electrons. The highest BCUT2D eigenvalue weighted by molar-refractivity contribution is 5.85. The Bertz CT molecular complexity index is 580. The van der Waals surface area contributed by atoms with E-state index in [1.807, 2.05) is 30.3 Å². The molecular weight excluding hydrogens is 240 g/mol. The van der Waals surface area contributed by atoms with Crippen LogP contribution in [0, 0.1) is 10.1 Å². The lowest BCUT2D eigenvalue weighted by Gasteiger charge is -1.98. The van der Waals surface area contributed by atoms with Gasteiger partial charge in [0, 0.05) is 18.8 Å². The summed E-state index contributed by atoms with van der Waals surface area (Å²) in [6.07, 6.45) is 2.40. The summed E-state index contributed by atoms with van der Waals surface area (Å²) in [5.41, 5.74) is 1.84. The van der Waals surface area contributed by atoms with Crippen molar-refractivity contribution in [3.63, 3.8) is 0 Å². The molecule has 4 heteroatoms. The molecular formula is C15H14N2O2. The fraction of sp³-hybridized carbons (Fsp3) is 0.133. The van der Waals surface area contributed by atoms with Crippen molar-refractivity contribution in [3.8, 4) is 0 Å². The van der Waals surface area contributed by atoms with E-state index in [9.17, 15) is 10.1 Å². The molecule has 0 saturated carbocycles. The Hall–Kier alpha value is -2.49. The Labute approximate surface area is 111 Å². The van der Waals surface area contributed by atoms with Gasteiger partial charge < -0.3 is 0 Å². The molecule has 4 nitrogen and oxygen atoms in total. The van der Waals surface area contributed by atoms with Crippen molar-refractivity contribution in [1.82, 2.24) is 0 Å². The fourth-order valence-electron chi connectivity index (χ4n) is 1.76. The molecule has 0 aromatic heterocycles. The Kier molecular flexibility index (Phi) is 4.39. The van der Waals surface area contributed by atoms with Gasteiger partial charge in [0.05, 0.1) is 10.5 Å². The van der Waals surface area contributed by atoms with E-state index in [1.165, 1.54) is 11.6 Å². The zero-order chi connectivity index (χ0) is 13.5. The third kappa shape index (κ3) is 3.74. The first kappa shape index (κ1) is 13.0. The average Bonchev–Trinajstić information content (AvgIpc) is 2.45. The van der Waals surface area contributed by atoms with Crippen molar-refractivity contribution in [2.45, 2.75) is 6.42 Å². The van der Waals surface area contributed by atoms with Crippen LogP contribution < -0.4 is 0 Å². The van der Waals surface area contributed by atoms with Gasteiger partial charge in [-0.1, -0.05) is 42.5 Å². The molecule has 0 aliphatic carbocycles. The molecule has 0 N–H and O–H groups in total. The summed E-state index contributed by atoms with van der Waals surface area (Å²) in [4.78, 5) is 14.7. The summed E-state index contributed by atoms with van der Waals surface area (Å²) in [5, 5.41) is 10.8. The van der Waals surface area contributed by atoms with Crippen molar-refractivity contribution in [2.24, 2.45) is 4.99 Å². The number of benzene rings is 2. The van der Waals surface area contributed by atoms with Gasteiger partial charge in [0.1, 0.15) is 0 Å². The first-order valence-electron chi connectivity index (χ1n) is 6.04. The van der Waals surface area contributed by atoms with Crippen LogP contribution in [0.1, 0.15) is 11.1 Å². The highest BCUT2D eigenvalue weighted by atomic mass is 16.6. The number of nitrogens with zero attached hydrogens (tertiary/aromatic N) is 2. The smallest absolute Gasteiger partial charge is 0.278 e. The molecule has 2 aromatic rings. The van der Waals surface area contributed by atoms with Gasteiger partial charge in [-0.15, -0.1) is 0 Å². The van der Waals surface area contributed by atoms with E-state index in [0.29, 0.717) is 12.1 Å². The maximum absolute atomic E-state index is 10.8. The van der Waals surface area contributed by atoms with E-state index in [-0.39, 0.29) is 5.69 Å². The van der Waals surface area contributed by atoms with Gasteiger partial charge in [0.15, 0.2) is 0 Å². The van der Waals surface area contributed by atoms with E-state index in [1.54, 1.807) is 24.4 Å². The summed E-state index contributed by atoms with van der Waals surface area (Å²) in [6.45, 7) is 0.621. The molecule has 0 saturated heterocycles. The van der Waals surface area contributed by atoms with E-state index in [0.717, 1.165) is 6.42 Å². The largest absolute Gasteiger partial charge is 0.292 e. The molecule has 0 aliphatic heterocycles. The minimum atomic E-state index is -0.390. The lowest BCUT2D eigenvalue weighted by Crippen LogP contribution is -1.95. The molecule has 0 fully saturated rings. The molecule has 2 aromatic carbocycles. The Morgan fingerprint density at radius 3 is 2.47 bits per heavy atom. The number of hydrogen-bond donors (Lipinski definition) is 0. The molecule has 0 spiro atoms. The van der Waals surface area contributed by atoms with Crippen LogP contribution in [0.4, 0.5) is 5.69 Å². The van der Waals surface area contributed by atoms with Crippen molar-refractivity contribution in [1.29, 1.82) is 0 Å². The molecule has 19 heavy (non-hydrogen) atoms. The molecule has 0 amide bonds. The van der Waals surface area contributed by atoms with Gasteiger partial charge in [-0.25, -0.2) is 0 Å². The summed E-state index contributed by atoms with van der Waals surface area (Å²) in [7, 11) is 0. The number of para-hydroxylation sites is 1. The second-order valence-corrected chi connectivity index (χ2v) is 4.09. The van der Waals surface area contributed by atoms with E-state index in [4.69, 9.17) is 0 Å². The van der Waals surface area contributed by atoms with Gasteiger partial charge in [0.2, 0.25) is 0 Å². The Balaban J connectivity index is 1.98. The summed E-state index contributed by atoms with van der Waals surface area (Å²) >= 11 is 0. The Morgan fingerprint density at radius 1 is 1.05 bits per heavy atom. The molecule has 0 heterocycles. The zero-order valence-corrected chi connectivity index (χ0v) is 10.4. The molecule has 0 atom stereocenters. The average molecular weight is 254 g/mol. The van der Waals surface area contributed by atoms with Crippen LogP contribution in [-0.4, -0.2) is 17.7 Å².